The van der Waals surface area contributed by atoms with Crippen molar-refractivity contribution in [1.29, 1.82) is 0 Å². The summed E-state index contributed by atoms with van der Waals surface area (Å²) in [5.74, 6) is -0.656. The minimum absolute atomic E-state index is 0.0973. The van der Waals surface area contributed by atoms with E-state index in [1.165, 1.54) is 12.1 Å². The number of nitrogen functional groups attached to an aromatic ring is 2. The van der Waals surface area contributed by atoms with Gasteiger partial charge in [-0.05, 0) is 39.0 Å². The van der Waals surface area contributed by atoms with Gasteiger partial charge in [0, 0.05) is 16.9 Å². The molecule has 0 saturated carbocycles. The van der Waals surface area contributed by atoms with Gasteiger partial charge >= 0.3 is 0 Å². The van der Waals surface area contributed by atoms with Crippen molar-refractivity contribution < 1.29 is 9.59 Å². The minimum Gasteiger partial charge on any atom is -0.399 e. The second-order valence-corrected chi connectivity index (χ2v) is 5.33. The fraction of sp³-hybridized carbons (Fsp3) is 0.385. The van der Waals surface area contributed by atoms with E-state index in [9.17, 15) is 9.59 Å². The van der Waals surface area contributed by atoms with Crippen molar-refractivity contribution in [2.24, 2.45) is 0 Å². The van der Waals surface area contributed by atoms with Crippen LogP contribution in [0.4, 0.5) is 11.4 Å². The summed E-state index contributed by atoms with van der Waals surface area (Å²) in [6, 6.07) is 4.62. The van der Waals surface area contributed by atoms with Gasteiger partial charge in [-0.3, -0.25) is 9.59 Å². The normalized spacial score (nSPS) is 10.9. The Kier molecular flexibility index (Phi) is 4.37. The van der Waals surface area contributed by atoms with Gasteiger partial charge in [0.25, 0.3) is 5.91 Å². The third kappa shape index (κ3) is 4.87. The molecule has 19 heavy (non-hydrogen) atoms. The third-order valence-corrected chi connectivity index (χ3v) is 2.24. The summed E-state index contributed by atoms with van der Waals surface area (Å²) < 4.78 is 0. The molecule has 1 rings (SSSR count). The van der Waals surface area contributed by atoms with Gasteiger partial charge < -0.3 is 22.1 Å². The summed E-state index contributed by atoms with van der Waals surface area (Å²) in [6.45, 7) is 5.50. The Labute approximate surface area is 112 Å². The Morgan fingerprint density at radius 2 is 1.84 bits per heavy atom. The van der Waals surface area contributed by atoms with Crippen LogP contribution in [-0.2, 0) is 4.79 Å². The summed E-state index contributed by atoms with van der Waals surface area (Å²) in [7, 11) is 0. The molecule has 0 unspecified atom stereocenters. The Hall–Kier alpha value is -2.24. The van der Waals surface area contributed by atoms with E-state index in [2.05, 4.69) is 10.6 Å². The topological polar surface area (TPSA) is 110 Å². The number of carbonyl (C=O) groups is 2. The van der Waals surface area contributed by atoms with Gasteiger partial charge in [-0.2, -0.15) is 0 Å². The largest absolute Gasteiger partial charge is 0.399 e. The molecule has 0 heterocycles. The Balaban J connectivity index is 2.59. The van der Waals surface area contributed by atoms with Crippen LogP contribution in [0.5, 0.6) is 0 Å². The molecule has 0 atom stereocenters. The van der Waals surface area contributed by atoms with Crippen molar-refractivity contribution in [3.63, 3.8) is 0 Å². The predicted octanol–water partition coefficient (Wildman–Crippen LogP) is 0.496. The van der Waals surface area contributed by atoms with Gasteiger partial charge in [0.1, 0.15) is 0 Å². The lowest BCUT2D eigenvalue weighted by atomic mass is 10.1. The maximum atomic E-state index is 11.8. The lowest BCUT2D eigenvalue weighted by molar-refractivity contribution is -0.121. The van der Waals surface area contributed by atoms with E-state index in [0.717, 1.165) is 0 Å². The van der Waals surface area contributed by atoms with E-state index in [0.29, 0.717) is 11.3 Å². The van der Waals surface area contributed by atoms with Crippen LogP contribution < -0.4 is 22.1 Å². The smallest absolute Gasteiger partial charge is 0.253 e. The number of rotatable bonds is 3. The zero-order valence-corrected chi connectivity index (χ0v) is 11.4. The Bertz CT molecular complexity index is 492. The predicted molar refractivity (Wildman–Crippen MR) is 75.5 cm³/mol. The zero-order chi connectivity index (χ0) is 14.6. The van der Waals surface area contributed by atoms with E-state index >= 15 is 0 Å². The number of nitrogens with one attached hydrogen (secondary N) is 2. The summed E-state index contributed by atoms with van der Waals surface area (Å²) in [5.41, 5.74) is 12.0. The molecular formula is C13H20N4O2. The summed E-state index contributed by atoms with van der Waals surface area (Å²) in [4.78, 5) is 23.4. The molecule has 1 aromatic carbocycles. The van der Waals surface area contributed by atoms with Crippen molar-refractivity contribution in [2.45, 2.75) is 26.3 Å². The minimum atomic E-state index is -0.401. The molecule has 104 valence electrons. The Morgan fingerprint density at radius 3 is 2.37 bits per heavy atom. The molecule has 0 aliphatic carbocycles. The van der Waals surface area contributed by atoms with Crippen molar-refractivity contribution in [1.82, 2.24) is 10.6 Å². The first-order valence-corrected chi connectivity index (χ1v) is 5.93. The van der Waals surface area contributed by atoms with Crippen molar-refractivity contribution >= 4 is 23.2 Å². The van der Waals surface area contributed by atoms with Gasteiger partial charge in [0.15, 0.2) is 0 Å². The number of anilines is 2. The highest BCUT2D eigenvalue weighted by Crippen LogP contribution is 2.15. The van der Waals surface area contributed by atoms with Crippen LogP contribution >= 0.6 is 0 Å². The van der Waals surface area contributed by atoms with E-state index in [1.54, 1.807) is 6.07 Å². The molecule has 0 aliphatic rings. The first-order valence-electron chi connectivity index (χ1n) is 5.93. The molecule has 0 aliphatic heterocycles. The van der Waals surface area contributed by atoms with Gasteiger partial charge in [-0.15, -0.1) is 0 Å². The summed E-state index contributed by atoms with van der Waals surface area (Å²) in [6.07, 6.45) is 0. The number of hydrogen-bond acceptors (Lipinski definition) is 4. The average molecular weight is 264 g/mol. The number of carbonyl (C=O) groups excluding carboxylic acids is 2. The van der Waals surface area contributed by atoms with Crippen LogP contribution in [0.15, 0.2) is 18.2 Å². The highest BCUT2D eigenvalue weighted by molar-refractivity contribution is 6.01. The maximum absolute atomic E-state index is 11.8. The quantitative estimate of drug-likeness (QED) is 0.596. The monoisotopic (exact) mass is 264 g/mol. The number of benzene rings is 1. The molecule has 0 saturated heterocycles. The number of nitrogens with two attached hydrogens (primary N) is 2. The molecule has 0 aromatic heterocycles. The fourth-order valence-electron chi connectivity index (χ4n) is 1.51. The molecule has 2 amide bonds. The first kappa shape index (κ1) is 14.8. The number of amides is 2. The molecule has 6 heteroatoms. The highest BCUT2D eigenvalue weighted by atomic mass is 16.2. The number of hydrogen-bond donors (Lipinski definition) is 4. The standard InChI is InChI=1S/C13H20N4O2/c1-13(2,3)17-11(18)7-16-12(19)9-5-4-8(14)6-10(9)15/h4-6H,7,14-15H2,1-3H3,(H,16,19)(H,17,18). The molecule has 0 fully saturated rings. The van der Waals surface area contributed by atoms with Gasteiger partial charge in [0.05, 0.1) is 12.1 Å². The van der Waals surface area contributed by atoms with E-state index in [1.807, 2.05) is 20.8 Å². The Morgan fingerprint density at radius 1 is 1.21 bits per heavy atom. The molecule has 6 nitrogen and oxygen atoms in total. The second kappa shape index (κ2) is 5.60. The van der Waals surface area contributed by atoms with Crippen LogP contribution in [0, 0.1) is 0 Å². The third-order valence-electron chi connectivity index (χ3n) is 2.24. The summed E-state index contributed by atoms with van der Waals surface area (Å²) >= 11 is 0. The van der Waals surface area contributed by atoms with Crippen molar-refractivity contribution in [3.8, 4) is 0 Å². The lowest BCUT2D eigenvalue weighted by Gasteiger charge is -2.20. The van der Waals surface area contributed by atoms with E-state index in [-0.39, 0.29) is 23.7 Å². The zero-order valence-electron chi connectivity index (χ0n) is 11.4. The van der Waals surface area contributed by atoms with Gasteiger partial charge in [0.2, 0.25) is 5.91 Å². The highest BCUT2D eigenvalue weighted by Gasteiger charge is 2.15. The van der Waals surface area contributed by atoms with Crippen molar-refractivity contribution in [2.75, 3.05) is 18.0 Å². The molecule has 0 radical (unpaired) electrons. The second-order valence-electron chi connectivity index (χ2n) is 5.33. The van der Waals surface area contributed by atoms with Gasteiger partial charge in [-0.1, -0.05) is 0 Å². The van der Waals surface area contributed by atoms with Crippen LogP contribution in [0.2, 0.25) is 0 Å². The van der Waals surface area contributed by atoms with Gasteiger partial charge in [-0.25, -0.2) is 0 Å². The lowest BCUT2D eigenvalue weighted by Crippen LogP contribution is -2.45. The fourth-order valence-corrected chi connectivity index (χ4v) is 1.51. The van der Waals surface area contributed by atoms with Crippen LogP contribution in [-0.4, -0.2) is 23.9 Å². The molecule has 6 N–H and O–H groups in total. The maximum Gasteiger partial charge on any atom is 0.253 e. The molecule has 1 aromatic rings. The first-order chi connectivity index (χ1) is 8.69. The molecule has 0 spiro atoms. The van der Waals surface area contributed by atoms with Crippen LogP contribution in [0.3, 0.4) is 0 Å². The van der Waals surface area contributed by atoms with Crippen LogP contribution in [0.1, 0.15) is 31.1 Å². The van der Waals surface area contributed by atoms with E-state index in [4.69, 9.17) is 11.5 Å². The van der Waals surface area contributed by atoms with E-state index < -0.39 is 5.91 Å². The summed E-state index contributed by atoms with van der Waals surface area (Å²) in [5, 5.41) is 5.25. The average Bonchev–Trinajstić information content (AvgIpc) is 2.23. The molecule has 0 bridgehead atoms. The SMILES string of the molecule is CC(C)(C)NC(=O)CNC(=O)c1ccc(N)cc1N. The van der Waals surface area contributed by atoms with Crippen molar-refractivity contribution in [3.05, 3.63) is 23.8 Å². The molecular weight excluding hydrogens is 244 g/mol. The van der Waals surface area contributed by atoms with Crippen LogP contribution in [0.25, 0.3) is 0 Å².